The second-order valence-electron chi connectivity index (χ2n) is 5.21. The van der Waals surface area contributed by atoms with Crippen molar-refractivity contribution in [3.63, 3.8) is 0 Å². The third kappa shape index (κ3) is 5.99. The number of aliphatic carboxylic acids is 1. The van der Waals surface area contributed by atoms with Gasteiger partial charge < -0.3 is 26.6 Å². The summed E-state index contributed by atoms with van der Waals surface area (Å²) < 4.78 is 5.31. The first-order chi connectivity index (χ1) is 11.8. The van der Waals surface area contributed by atoms with Crippen LogP contribution in [0.3, 0.4) is 0 Å². The van der Waals surface area contributed by atoms with Crippen LogP contribution in [-0.4, -0.2) is 29.2 Å². The Balaban J connectivity index is 0.00000338. The van der Waals surface area contributed by atoms with E-state index in [4.69, 9.17) is 16.2 Å². The molecular weight excluding hydrogens is 360 g/mol. The number of benzene rings is 2. The van der Waals surface area contributed by atoms with Crippen molar-refractivity contribution in [2.75, 3.05) is 0 Å². The third-order valence-electron chi connectivity index (χ3n) is 3.15. The van der Waals surface area contributed by atoms with Crippen LogP contribution in [0, 0.1) is 6.92 Å². The van der Waals surface area contributed by atoms with Gasteiger partial charge in [0.15, 0.2) is 5.96 Å². The van der Waals surface area contributed by atoms with Crippen LogP contribution in [0.2, 0.25) is 0 Å². The van der Waals surface area contributed by atoms with Crippen molar-refractivity contribution in [2.24, 2.45) is 16.5 Å². The van der Waals surface area contributed by atoms with Crippen LogP contribution >= 0.6 is 12.4 Å². The summed E-state index contributed by atoms with van der Waals surface area (Å²) in [5, 5.41) is 11.6. The highest BCUT2D eigenvalue weighted by molar-refractivity contribution is 5.96. The van der Waals surface area contributed by atoms with Gasteiger partial charge in [-0.25, -0.2) is 9.79 Å². The van der Waals surface area contributed by atoms with Gasteiger partial charge in [0.05, 0.1) is 5.69 Å². The summed E-state index contributed by atoms with van der Waals surface area (Å²) in [6.45, 7) is 1.90. The van der Waals surface area contributed by atoms with Gasteiger partial charge in [-0.3, -0.25) is 4.79 Å². The number of aliphatic imine (C=N–C) groups is 1. The van der Waals surface area contributed by atoms with E-state index in [9.17, 15) is 14.7 Å². The molecule has 0 heterocycles. The van der Waals surface area contributed by atoms with Crippen molar-refractivity contribution in [3.05, 3.63) is 59.7 Å². The van der Waals surface area contributed by atoms with Gasteiger partial charge in [0.25, 0.3) is 12.1 Å². The Morgan fingerprint density at radius 1 is 1.08 bits per heavy atom. The maximum atomic E-state index is 12.2. The molecule has 0 fully saturated rings. The lowest BCUT2D eigenvalue weighted by Crippen LogP contribution is -2.44. The Labute approximate surface area is 156 Å². The number of carbonyl (C=O) groups is 2. The standard InChI is InChI=1S/C17H18N4O4.ClH/c1-10-2-8-13(9-3-10)25-15(16(23)24)21-14(22)11-4-6-12(7-5-11)20-17(18)19;/h2-9,15H,1H3,(H,21,22)(H,23,24)(H4,18,19,20);1H. The highest BCUT2D eigenvalue weighted by Gasteiger charge is 2.22. The first kappa shape index (κ1) is 20.8. The Morgan fingerprint density at radius 3 is 2.15 bits per heavy atom. The molecule has 0 spiro atoms. The quantitative estimate of drug-likeness (QED) is 0.341. The summed E-state index contributed by atoms with van der Waals surface area (Å²) in [7, 11) is 0. The summed E-state index contributed by atoms with van der Waals surface area (Å²) in [5.41, 5.74) is 12.3. The van der Waals surface area contributed by atoms with Gasteiger partial charge in [-0.2, -0.15) is 0 Å². The molecule has 2 aromatic carbocycles. The highest BCUT2D eigenvalue weighted by Crippen LogP contribution is 2.15. The molecular formula is C17H19ClN4O4. The molecule has 9 heteroatoms. The number of carbonyl (C=O) groups excluding carboxylic acids is 1. The molecule has 0 aromatic heterocycles. The second kappa shape index (κ2) is 9.28. The zero-order chi connectivity index (χ0) is 18.4. The minimum atomic E-state index is -1.52. The Bertz CT molecular complexity index is 787. The van der Waals surface area contributed by atoms with Crippen molar-refractivity contribution in [2.45, 2.75) is 13.2 Å². The van der Waals surface area contributed by atoms with Gasteiger partial charge in [0, 0.05) is 5.56 Å². The molecule has 0 radical (unpaired) electrons. The van der Waals surface area contributed by atoms with Gasteiger partial charge in [-0.05, 0) is 43.3 Å². The normalized spacial score (nSPS) is 10.8. The van der Waals surface area contributed by atoms with Crippen LogP contribution in [0.25, 0.3) is 0 Å². The van der Waals surface area contributed by atoms with E-state index >= 15 is 0 Å². The molecule has 2 rings (SSSR count). The van der Waals surface area contributed by atoms with Crippen LogP contribution in [0.15, 0.2) is 53.5 Å². The molecule has 2 aromatic rings. The monoisotopic (exact) mass is 378 g/mol. The first-order valence-electron chi connectivity index (χ1n) is 7.32. The van der Waals surface area contributed by atoms with Gasteiger partial charge >= 0.3 is 5.97 Å². The number of rotatable bonds is 6. The Hall–Kier alpha value is -3.26. The lowest BCUT2D eigenvalue weighted by Gasteiger charge is -2.16. The maximum Gasteiger partial charge on any atom is 0.366 e. The molecule has 0 aliphatic rings. The van der Waals surface area contributed by atoms with E-state index in [-0.39, 0.29) is 23.9 Å². The molecule has 1 atom stereocenters. The molecule has 1 amide bonds. The molecule has 0 bridgehead atoms. The predicted molar refractivity (Wildman–Crippen MR) is 99.9 cm³/mol. The average molecular weight is 379 g/mol. The number of aryl methyl sites for hydroxylation is 1. The molecule has 6 N–H and O–H groups in total. The molecule has 0 saturated heterocycles. The van der Waals surface area contributed by atoms with Crippen molar-refractivity contribution in [1.82, 2.24) is 5.32 Å². The van der Waals surface area contributed by atoms with Gasteiger partial charge in [-0.1, -0.05) is 17.7 Å². The number of halogens is 1. The number of amides is 1. The van der Waals surface area contributed by atoms with Gasteiger partial charge in [-0.15, -0.1) is 12.4 Å². The van der Waals surface area contributed by atoms with Gasteiger partial charge in [0.2, 0.25) is 0 Å². The lowest BCUT2D eigenvalue weighted by molar-refractivity contribution is -0.146. The highest BCUT2D eigenvalue weighted by atomic mass is 35.5. The van der Waals surface area contributed by atoms with Crippen LogP contribution in [-0.2, 0) is 4.79 Å². The van der Waals surface area contributed by atoms with Crippen LogP contribution in [0.4, 0.5) is 5.69 Å². The summed E-state index contributed by atoms with van der Waals surface area (Å²) >= 11 is 0. The van der Waals surface area contributed by atoms with Crippen LogP contribution in [0.5, 0.6) is 5.75 Å². The molecule has 1 unspecified atom stereocenters. The van der Waals surface area contributed by atoms with E-state index in [1.54, 1.807) is 24.3 Å². The number of nitrogens with one attached hydrogen (secondary N) is 1. The minimum Gasteiger partial charge on any atom is -0.477 e. The molecule has 0 aliphatic heterocycles. The third-order valence-corrected chi connectivity index (χ3v) is 3.15. The zero-order valence-electron chi connectivity index (χ0n) is 13.9. The summed E-state index contributed by atoms with van der Waals surface area (Å²) in [6.07, 6.45) is -1.52. The fraction of sp³-hybridized carbons (Fsp3) is 0.118. The zero-order valence-corrected chi connectivity index (χ0v) is 14.7. The number of guanidine groups is 1. The van der Waals surface area contributed by atoms with Crippen molar-refractivity contribution < 1.29 is 19.4 Å². The molecule has 0 saturated carbocycles. The van der Waals surface area contributed by atoms with E-state index in [0.29, 0.717) is 11.4 Å². The minimum absolute atomic E-state index is 0. The van der Waals surface area contributed by atoms with Crippen molar-refractivity contribution >= 4 is 35.9 Å². The topological polar surface area (TPSA) is 140 Å². The fourth-order valence-corrected chi connectivity index (χ4v) is 1.93. The summed E-state index contributed by atoms with van der Waals surface area (Å²) in [5.74, 6) is -1.68. The number of carboxylic acids is 1. The molecule has 138 valence electrons. The van der Waals surface area contributed by atoms with Crippen molar-refractivity contribution in [1.29, 1.82) is 0 Å². The number of nitrogens with two attached hydrogens (primary N) is 2. The second-order valence-corrected chi connectivity index (χ2v) is 5.21. The molecule has 26 heavy (non-hydrogen) atoms. The first-order valence-corrected chi connectivity index (χ1v) is 7.32. The molecule has 8 nitrogen and oxygen atoms in total. The summed E-state index contributed by atoms with van der Waals surface area (Å²) in [4.78, 5) is 27.4. The van der Waals surface area contributed by atoms with E-state index < -0.39 is 18.1 Å². The average Bonchev–Trinajstić information content (AvgIpc) is 2.56. The number of nitrogens with zero attached hydrogens (tertiary/aromatic N) is 1. The van der Waals surface area contributed by atoms with E-state index in [1.807, 2.05) is 6.92 Å². The predicted octanol–water partition coefficient (Wildman–Crippen LogP) is 1.54. The fourth-order valence-electron chi connectivity index (χ4n) is 1.93. The molecule has 0 aliphatic carbocycles. The largest absolute Gasteiger partial charge is 0.477 e. The number of hydrogen-bond donors (Lipinski definition) is 4. The maximum absolute atomic E-state index is 12.2. The van der Waals surface area contributed by atoms with Gasteiger partial charge in [0.1, 0.15) is 5.75 Å². The lowest BCUT2D eigenvalue weighted by atomic mass is 10.2. The Morgan fingerprint density at radius 2 is 1.65 bits per heavy atom. The van der Waals surface area contributed by atoms with Crippen LogP contribution in [0.1, 0.15) is 15.9 Å². The number of ether oxygens (including phenoxy) is 1. The van der Waals surface area contributed by atoms with E-state index in [2.05, 4.69) is 10.3 Å². The van der Waals surface area contributed by atoms with Crippen molar-refractivity contribution in [3.8, 4) is 5.75 Å². The Kier molecular flexibility index (Phi) is 7.42. The summed E-state index contributed by atoms with van der Waals surface area (Å²) in [6, 6.07) is 12.8. The van der Waals surface area contributed by atoms with Crippen LogP contribution < -0.4 is 21.5 Å². The number of hydrogen-bond acceptors (Lipinski definition) is 4. The smallest absolute Gasteiger partial charge is 0.366 e. The van der Waals surface area contributed by atoms with E-state index in [1.165, 1.54) is 24.3 Å². The van der Waals surface area contributed by atoms with E-state index in [0.717, 1.165) is 5.56 Å². The number of carboxylic acid groups (broad SMARTS) is 1. The SMILES string of the molecule is Cc1ccc(OC(NC(=O)c2ccc(N=C(N)N)cc2)C(=O)O)cc1.Cl.